The van der Waals surface area contributed by atoms with Crippen molar-refractivity contribution in [3.63, 3.8) is 0 Å². The maximum atomic E-state index is 13.4. The zero-order chi connectivity index (χ0) is 15.0. The molecule has 0 saturated heterocycles. The van der Waals surface area contributed by atoms with Gasteiger partial charge in [-0.2, -0.15) is 0 Å². The van der Waals surface area contributed by atoms with Gasteiger partial charge in [0, 0.05) is 17.1 Å². The van der Waals surface area contributed by atoms with Crippen LogP contribution in [0.25, 0.3) is 0 Å². The third-order valence-electron chi connectivity index (χ3n) is 4.19. The summed E-state index contributed by atoms with van der Waals surface area (Å²) in [5.74, 6) is 0.517. The number of hydrogen-bond donors (Lipinski definition) is 1. The van der Waals surface area contributed by atoms with Gasteiger partial charge in [-0.05, 0) is 75.1 Å². The minimum Gasteiger partial charge on any atom is -0.312 e. The highest BCUT2D eigenvalue weighted by Crippen LogP contribution is 2.47. The quantitative estimate of drug-likeness (QED) is 0.821. The third-order valence-corrected chi connectivity index (χ3v) is 4.56. The van der Waals surface area contributed by atoms with E-state index < -0.39 is 0 Å². The summed E-state index contributed by atoms with van der Waals surface area (Å²) in [7, 11) is 0. The maximum Gasteiger partial charge on any atom is 0.123 e. The first-order valence-corrected chi connectivity index (χ1v) is 7.76. The van der Waals surface area contributed by atoms with E-state index in [0.717, 1.165) is 24.4 Å². The average molecular weight is 298 g/mol. The molecule has 2 rings (SSSR count). The molecule has 112 valence electrons. The van der Waals surface area contributed by atoms with Crippen LogP contribution in [0.1, 0.15) is 46.1 Å². The van der Waals surface area contributed by atoms with Crippen molar-refractivity contribution in [2.45, 2.75) is 52.5 Å². The normalized spacial score (nSPS) is 18.9. The maximum absolute atomic E-state index is 13.4. The SMILES string of the molecule is CC(C)(C)NCC(C)(Cc1cc(F)ccc1Cl)C1CC1. The Morgan fingerprint density at radius 3 is 2.45 bits per heavy atom. The van der Waals surface area contributed by atoms with Crippen molar-refractivity contribution in [1.82, 2.24) is 5.32 Å². The van der Waals surface area contributed by atoms with Crippen molar-refractivity contribution < 1.29 is 4.39 Å². The van der Waals surface area contributed by atoms with Crippen LogP contribution in [-0.2, 0) is 6.42 Å². The summed E-state index contributed by atoms with van der Waals surface area (Å²) >= 11 is 6.23. The van der Waals surface area contributed by atoms with E-state index >= 15 is 0 Å². The molecule has 0 amide bonds. The molecule has 1 saturated carbocycles. The van der Waals surface area contributed by atoms with Crippen molar-refractivity contribution >= 4 is 11.6 Å². The number of rotatable bonds is 5. The summed E-state index contributed by atoms with van der Waals surface area (Å²) in [6.45, 7) is 9.76. The van der Waals surface area contributed by atoms with Gasteiger partial charge in [0.15, 0.2) is 0 Å². The first-order chi connectivity index (χ1) is 9.20. The monoisotopic (exact) mass is 297 g/mol. The first-order valence-electron chi connectivity index (χ1n) is 7.39. The zero-order valence-corrected chi connectivity index (χ0v) is 13.6. The van der Waals surface area contributed by atoms with Crippen LogP contribution in [0.3, 0.4) is 0 Å². The molecule has 20 heavy (non-hydrogen) atoms. The fourth-order valence-electron chi connectivity index (χ4n) is 2.71. The molecule has 1 nitrogen and oxygen atoms in total. The van der Waals surface area contributed by atoms with Gasteiger partial charge in [0.2, 0.25) is 0 Å². The topological polar surface area (TPSA) is 12.0 Å². The number of nitrogens with one attached hydrogen (secondary N) is 1. The zero-order valence-electron chi connectivity index (χ0n) is 12.9. The Kier molecular flexibility index (Phi) is 4.46. The van der Waals surface area contributed by atoms with Gasteiger partial charge < -0.3 is 5.32 Å². The molecule has 1 atom stereocenters. The Labute approximate surface area is 126 Å². The molecule has 1 aliphatic carbocycles. The second-order valence-corrected chi connectivity index (χ2v) is 7.85. The fraction of sp³-hybridized carbons (Fsp3) is 0.647. The van der Waals surface area contributed by atoms with Crippen LogP contribution in [0.4, 0.5) is 4.39 Å². The van der Waals surface area contributed by atoms with Crippen LogP contribution in [0.15, 0.2) is 18.2 Å². The lowest BCUT2D eigenvalue weighted by Gasteiger charge is -2.34. The van der Waals surface area contributed by atoms with E-state index in [1.54, 1.807) is 12.1 Å². The van der Waals surface area contributed by atoms with Gasteiger partial charge >= 0.3 is 0 Å². The van der Waals surface area contributed by atoms with Crippen molar-refractivity contribution in [2.75, 3.05) is 6.54 Å². The minimum atomic E-state index is -0.202. The van der Waals surface area contributed by atoms with E-state index in [1.165, 1.54) is 18.9 Å². The van der Waals surface area contributed by atoms with Gasteiger partial charge in [0.1, 0.15) is 5.82 Å². The molecule has 0 bridgehead atoms. The van der Waals surface area contributed by atoms with Crippen molar-refractivity contribution in [1.29, 1.82) is 0 Å². The smallest absolute Gasteiger partial charge is 0.123 e. The Morgan fingerprint density at radius 2 is 1.90 bits per heavy atom. The highest BCUT2D eigenvalue weighted by atomic mass is 35.5. The number of benzene rings is 1. The average Bonchev–Trinajstić information content (AvgIpc) is 3.15. The minimum absolute atomic E-state index is 0.0991. The van der Waals surface area contributed by atoms with E-state index in [1.807, 2.05) is 0 Å². The van der Waals surface area contributed by atoms with Crippen molar-refractivity contribution in [3.05, 3.63) is 34.6 Å². The molecule has 1 aromatic rings. The molecule has 0 radical (unpaired) electrons. The summed E-state index contributed by atoms with van der Waals surface area (Å²) in [5, 5.41) is 4.28. The molecule has 1 fully saturated rings. The lowest BCUT2D eigenvalue weighted by Crippen LogP contribution is -2.44. The summed E-state index contributed by atoms with van der Waals surface area (Å²) < 4.78 is 13.4. The van der Waals surface area contributed by atoms with Gasteiger partial charge in [-0.1, -0.05) is 18.5 Å². The highest BCUT2D eigenvalue weighted by molar-refractivity contribution is 6.31. The summed E-state index contributed by atoms with van der Waals surface area (Å²) in [5.41, 5.74) is 1.17. The molecule has 0 aromatic heterocycles. The predicted octanol–water partition coefficient (Wildman–Crippen LogP) is 4.83. The van der Waals surface area contributed by atoms with Gasteiger partial charge in [-0.3, -0.25) is 0 Å². The van der Waals surface area contributed by atoms with Crippen LogP contribution in [0.2, 0.25) is 5.02 Å². The molecular formula is C17H25ClFN. The molecule has 1 N–H and O–H groups in total. The summed E-state index contributed by atoms with van der Waals surface area (Å²) in [6, 6.07) is 4.67. The molecular weight excluding hydrogens is 273 g/mol. The molecule has 0 spiro atoms. The van der Waals surface area contributed by atoms with E-state index in [2.05, 4.69) is 33.0 Å². The highest BCUT2D eigenvalue weighted by Gasteiger charge is 2.42. The Hall–Kier alpha value is -0.600. The van der Waals surface area contributed by atoms with E-state index in [-0.39, 0.29) is 16.8 Å². The Morgan fingerprint density at radius 1 is 1.25 bits per heavy atom. The number of halogens is 2. The van der Waals surface area contributed by atoms with Crippen LogP contribution in [0.5, 0.6) is 0 Å². The lowest BCUT2D eigenvalue weighted by atomic mass is 9.78. The van der Waals surface area contributed by atoms with E-state index in [0.29, 0.717) is 5.02 Å². The standard InChI is InChI=1S/C17H25ClFN/c1-16(2,3)20-11-17(4,13-5-6-13)10-12-9-14(19)7-8-15(12)18/h7-9,13,20H,5-6,10-11H2,1-4H3. The van der Waals surface area contributed by atoms with Crippen molar-refractivity contribution in [2.24, 2.45) is 11.3 Å². The molecule has 0 aliphatic heterocycles. The third kappa shape index (κ3) is 4.20. The van der Waals surface area contributed by atoms with Gasteiger partial charge in [0.25, 0.3) is 0 Å². The Balaban J connectivity index is 2.14. The van der Waals surface area contributed by atoms with E-state index in [9.17, 15) is 4.39 Å². The molecule has 1 aromatic carbocycles. The van der Waals surface area contributed by atoms with Crippen LogP contribution in [-0.4, -0.2) is 12.1 Å². The largest absolute Gasteiger partial charge is 0.312 e. The fourth-order valence-corrected chi connectivity index (χ4v) is 2.90. The number of hydrogen-bond acceptors (Lipinski definition) is 1. The van der Waals surface area contributed by atoms with Crippen molar-refractivity contribution in [3.8, 4) is 0 Å². The van der Waals surface area contributed by atoms with Crippen LogP contribution in [0, 0.1) is 17.2 Å². The van der Waals surface area contributed by atoms with Crippen LogP contribution < -0.4 is 5.32 Å². The van der Waals surface area contributed by atoms with E-state index in [4.69, 9.17) is 11.6 Å². The molecule has 0 heterocycles. The van der Waals surface area contributed by atoms with Crippen LogP contribution >= 0.6 is 11.6 Å². The second-order valence-electron chi connectivity index (χ2n) is 7.44. The van der Waals surface area contributed by atoms with Gasteiger partial charge in [0.05, 0.1) is 0 Å². The summed E-state index contributed by atoms with van der Waals surface area (Å²) in [4.78, 5) is 0. The lowest BCUT2D eigenvalue weighted by molar-refractivity contribution is 0.227. The van der Waals surface area contributed by atoms with Gasteiger partial charge in [-0.25, -0.2) is 4.39 Å². The molecule has 1 unspecified atom stereocenters. The first kappa shape index (κ1) is 15.8. The second kappa shape index (κ2) is 5.65. The molecule has 3 heteroatoms. The summed E-state index contributed by atoms with van der Waals surface area (Å²) in [6.07, 6.45) is 3.38. The van der Waals surface area contributed by atoms with Gasteiger partial charge in [-0.15, -0.1) is 0 Å². The Bertz CT molecular complexity index is 476. The predicted molar refractivity (Wildman–Crippen MR) is 83.7 cm³/mol. The molecule has 1 aliphatic rings.